The minimum atomic E-state index is -2.03. The zero-order valence-electron chi connectivity index (χ0n) is 12.2. The van der Waals surface area contributed by atoms with Gasteiger partial charge < -0.3 is 50.0 Å². The molecule has 2 heterocycles. The fraction of sp³-hybridized carbons (Fsp3) is 1.00. The van der Waals surface area contributed by atoms with Gasteiger partial charge in [-0.15, -0.1) is 0 Å². The molecular weight excluding hydrogens is 318 g/mol. The molecule has 2 saturated heterocycles. The lowest BCUT2D eigenvalue weighted by atomic mass is 9.98. The minimum Gasteiger partial charge on any atom is -0.394 e. The van der Waals surface area contributed by atoms with Crippen LogP contribution in [0.5, 0.6) is 0 Å². The van der Waals surface area contributed by atoms with Crippen LogP contribution in [0.15, 0.2) is 0 Å². The molecule has 11 heteroatoms. The van der Waals surface area contributed by atoms with Crippen molar-refractivity contribution in [1.29, 1.82) is 0 Å². The summed E-state index contributed by atoms with van der Waals surface area (Å²) in [6.45, 7) is -1.29. The maximum Gasteiger partial charge on any atom is 0.230 e. The van der Waals surface area contributed by atoms with Crippen molar-refractivity contribution >= 4 is 0 Å². The molecule has 0 aromatic carbocycles. The van der Waals surface area contributed by atoms with Crippen molar-refractivity contribution in [2.24, 2.45) is 5.73 Å². The first kappa shape index (κ1) is 18.9. The summed E-state index contributed by atoms with van der Waals surface area (Å²) in [4.78, 5) is 0. The van der Waals surface area contributed by atoms with E-state index in [4.69, 9.17) is 30.2 Å². The third-order valence-electron chi connectivity index (χ3n) is 3.96. The van der Waals surface area contributed by atoms with Gasteiger partial charge in [0.25, 0.3) is 0 Å². The van der Waals surface area contributed by atoms with E-state index in [1.165, 1.54) is 0 Å². The predicted octanol–water partition coefficient (Wildman–Crippen LogP) is -5.08. The number of nitrogens with two attached hydrogens (primary N) is 1. The normalized spacial score (nSPS) is 51.7. The lowest BCUT2D eigenvalue weighted by Crippen LogP contribution is -2.66. The molecule has 2 fully saturated rings. The van der Waals surface area contributed by atoms with Crippen LogP contribution >= 0.6 is 0 Å². The van der Waals surface area contributed by atoms with Gasteiger partial charge in [0.1, 0.15) is 36.6 Å². The van der Waals surface area contributed by atoms with E-state index in [1.54, 1.807) is 0 Å². The van der Waals surface area contributed by atoms with Crippen LogP contribution in [0, 0.1) is 0 Å². The highest BCUT2D eigenvalue weighted by atomic mass is 16.8. The highest BCUT2D eigenvalue weighted by Crippen LogP contribution is 2.31. The third-order valence-corrected chi connectivity index (χ3v) is 3.96. The van der Waals surface area contributed by atoms with Gasteiger partial charge >= 0.3 is 0 Å². The second kappa shape index (κ2) is 7.21. The third kappa shape index (κ3) is 3.81. The first-order valence-electron chi connectivity index (χ1n) is 7.14. The second-order valence-electron chi connectivity index (χ2n) is 5.73. The summed E-state index contributed by atoms with van der Waals surface area (Å²) >= 11 is 0. The molecule has 11 nitrogen and oxygen atoms in total. The molecule has 2 aliphatic heterocycles. The molecule has 9 N–H and O–H groups in total. The summed E-state index contributed by atoms with van der Waals surface area (Å²) in [6, 6.07) is 0. The Kier molecular flexibility index (Phi) is 5.92. The van der Waals surface area contributed by atoms with E-state index in [2.05, 4.69) is 0 Å². The standard InChI is InChI=1S/C12H23NO10/c13-12(1-4(16)7(17)6(3-15)22-12)23-11-10(20)9(19)8(18)5(2-14)21-11/h4-11,14-20H,1-3,13H2/t4-,5-,6-,7+,8+,9+,10-,11+,12+/m1/s1. The van der Waals surface area contributed by atoms with Crippen molar-refractivity contribution in [3.8, 4) is 0 Å². The Labute approximate surface area is 131 Å². The molecule has 2 rings (SSSR count). The van der Waals surface area contributed by atoms with Gasteiger partial charge in [-0.05, 0) is 0 Å². The lowest BCUT2D eigenvalue weighted by molar-refractivity contribution is -0.398. The van der Waals surface area contributed by atoms with Crippen molar-refractivity contribution in [2.45, 2.75) is 61.3 Å². The topological polar surface area (TPSA) is 195 Å². The molecule has 0 saturated carbocycles. The molecule has 0 aromatic heterocycles. The minimum absolute atomic E-state index is 0.403. The summed E-state index contributed by atoms with van der Waals surface area (Å²) in [6.07, 6.45) is -12.1. The summed E-state index contributed by atoms with van der Waals surface area (Å²) in [5.74, 6) is -2.03. The van der Waals surface area contributed by atoms with Gasteiger partial charge in [0.15, 0.2) is 6.29 Å². The van der Waals surface area contributed by atoms with Crippen molar-refractivity contribution in [3.05, 3.63) is 0 Å². The van der Waals surface area contributed by atoms with E-state index in [0.29, 0.717) is 0 Å². The van der Waals surface area contributed by atoms with Crippen molar-refractivity contribution in [3.63, 3.8) is 0 Å². The molecule has 2 aliphatic rings. The van der Waals surface area contributed by atoms with Gasteiger partial charge in [0.05, 0.1) is 19.3 Å². The summed E-state index contributed by atoms with van der Waals surface area (Å²) in [5, 5.41) is 66.9. The first-order valence-corrected chi connectivity index (χ1v) is 7.14. The molecule has 0 spiro atoms. The Morgan fingerprint density at radius 1 is 0.913 bits per heavy atom. The van der Waals surface area contributed by atoms with Crippen molar-refractivity contribution in [2.75, 3.05) is 13.2 Å². The lowest BCUT2D eigenvalue weighted by Gasteiger charge is -2.46. The van der Waals surface area contributed by atoms with Gasteiger partial charge in [-0.1, -0.05) is 0 Å². The number of rotatable bonds is 4. The van der Waals surface area contributed by atoms with Crippen LogP contribution in [-0.2, 0) is 14.2 Å². The molecule has 0 aromatic rings. The SMILES string of the molecule is N[C@@]1(O[C@@H]2O[C@H](CO)[C@H](O)[C@H](O)[C@H]2O)C[C@@H](O)[C@H](O)[C@@H](CO)O1. The summed E-state index contributed by atoms with van der Waals surface area (Å²) in [5.41, 5.74) is 5.81. The number of ether oxygens (including phenoxy) is 3. The Hall–Kier alpha value is -0.440. The average molecular weight is 341 g/mol. The quantitative estimate of drug-likeness (QED) is 0.228. The Bertz CT molecular complexity index is 398. The molecule has 0 unspecified atom stereocenters. The number of aliphatic hydroxyl groups excluding tert-OH is 7. The van der Waals surface area contributed by atoms with Gasteiger partial charge in [-0.3, -0.25) is 5.73 Å². The van der Waals surface area contributed by atoms with Crippen molar-refractivity contribution < 1.29 is 50.0 Å². The van der Waals surface area contributed by atoms with Gasteiger partial charge in [-0.25, -0.2) is 0 Å². The van der Waals surface area contributed by atoms with Crippen LogP contribution in [0.4, 0.5) is 0 Å². The maximum atomic E-state index is 9.89. The molecule has 0 bridgehead atoms. The van der Waals surface area contributed by atoms with Crippen LogP contribution in [0.25, 0.3) is 0 Å². The zero-order valence-corrected chi connectivity index (χ0v) is 12.2. The van der Waals surface area contributed by atoms with Gasteiger partial charge in [0.2, 0.25) is 5.91 Å². The summed E-state index contributed by atoms with van der Waals surface area (Å²) < 4.78 is 15.6. The largest absolute Gasteiger partial charge is 0.394 e. The van der Waals surface area contributed by atoms with E-state index in [-0.39, 0.29) is 0 Å². The molecule has 0 amide bonds. The molecule has 0 aliphatic carbocycles. The number of hydrogen-bond donors (Lipinski definition) is 8. The van der Waals surface area contributed by atoms with Gasteiger partial charge in [0, 0.05) is 6.42 Å². The van der Waals surface area contributed by atoms with Crippen LogP contribution < -0.4 is 5.73 Å². The van der Waals surface area contributed by atoms with E-state index < -0.39 is 74.6 Å². The molecule has 0 radical (unpaired) electrons. The molecule has 136 valence electrons. The Balaban J connectivity index is 2.10. The molecular formula is C12H23NO10. The fourth-order valence-corrected chi connectivity index (χ4v) is 2.62. The highest BCUT2D eigenvalue weighted by molar-refractivity contribution is 4.91. The van der Waals surface area contributed by atoms with Crippen molar-refractivity contribution in [1.82, 2.24) is 0 Å². The molecule has 23 heavy (non-hydrogen) atoms. The average Bonchev–Trinajstić information content (AvgIpc) is 2.51. The number of aliphatic hydroxyl groups is 7. The molecule has 9 atom stereocenters. The summed E-state index contributed by atoms with van der Waals surface area (Å²) in [7, 11) is 0. The first-order chi connectivity index (χ1) is 10.7. The van der Waals surface area contributed by atoms with Crippen LogP contribution in [-0.4, -0.2) is 104 Å². The van der Waals surface area contributed by atoms with Gasteiger partial charge in [-0.2, -0.15) is 0 Å². The smallest absolute Gasteiger partial charge is 0.230 e. The van der Waals surface area contributed by atoms with Crippen LogP contribution in [0.1, 0.15) is 6.42 Å². The second-order valence-corrected chi connectivity index (χ2v) is 5.73. The van der Waals surface area contributed by atoms with E-state index in [1.807, 2.05) is 0 Å². The predicted molar refractivity (Wildman–Crippen MR) is 70.4 cm³/mol. The maximum absolute atomic E-state index is 9.89. The fourth-order valence-electron chi connectivity index (χ4n) is 2.62. The van der Waals surface area contributed by atoms with E-state index in [0.717, 1.165) is 0 Å². The number of hydrogen-bond acceptors (Lipinski definition) is 11. The Morgan fingerprint density at radius 2 is 1.52 bits per heavy atom. The zero-order chi connectivity index (χ0) is 17.4. The van der Waals surface area contributed by atoms with E-state index >= 15 is 0 Å². The highest BCUT2D eigenvalue weighted by Gasteiger charge is 2.51. The van der Waals surface area contributed by atoms with Crippen LogP contribution in [0.3, 0.4) is 0 Å². The van der Waals surface area contributed by atoms with Crippen LogP contribution in [0.2, 0.25) is 0 Å². The van der Waals surface area contributed by atoms with E-state index in [9.17, 15) is 25.5 Å². The Morgan fingerprint density at radius 3 is 2.09 bits per heavy atom. The monoisotopic (exact) mass is 341 g/mol.